The van der Waals surface area contributed by atoms with Crippen molar-refractivity contribution in [3.8, 4) is 23.0 Å². The average Bonchev–Trinajstić information content (AvgIpc) is 3.16. The van der Waals surface area contributed by atoms with Crippen LogP contribution in [0.5, 0.6) is 23.0 Å². The molecule has 0 radical (unpaired) electrons. The van der Waals surface area contributed by atoms with E-state index >= 15 is 0 Å². The Kier molecular flexibility index (Phi) is 7.46. The summed E-state index contributed by atoms with van der Waals surface area (Å²) in [5, 5.41) is 18.2. The van der Waals surface area contributed by atoms with Gasteiger partial charge in [-0.3, -0.25) is 0 Å². The molecule has 0 unspecified atom stereocenters. The van der Waals surface area contributed by atoms with Crippen LogP contribution in [0.3, 0.4) is 0 Å². The number of carbonyl (C=O) groups is 2. The Morgan fingerprint density at radius 3 is 2.07 bits per heavy atom. The second-order valence-electron chi connectivity index (χ2n) is 5.59. The van der Waals surface area contributed by atoms with Gasteiger partial charge in [-0.15, -0.1) is 0 Å². The summed E-state index contributed by atoms with van der Waals surface area (Å²) in [6.07, 6.45) is 0. The molecule has 9 heteroatoms. The number of hydrogen-bond acceptors (Lipinski definition) is 7. The number of nitrogens with one attached hydrogen (secondary N) is 1. The van der Waals surface area contributed by atoms with Gasteiger partial charge in [0.1, 0.15) is 0 Å². The Hall–Kier alpha value is -3.46. The van der Waals surface area contributed by atoms with Crippen molar-refractivity contribution in [2.45, 2.75) is 13.1 Å². The zero-order valence-corrected chi connectivity index (χ0v) is 15.4. The topological polar surface area (TPSA) is 124 Å². The second-order valence-corrected chi connectivity index (χ2v) is 5.59. The van der Waals surface area contributed by atoms with Gasteiger partial charge in [0.25, 0.3) is 0 Å². The van der Waals surface area contributed by atoms with Crippen LogP contribution >= 0.6 is 0 Å². The van der Waals surface area contributed by atoms with Gasteiger partial charge in [0.2, 0.25) is 6.79 Å². The smallest absolute Gasteiger partial charge is 0.414 e. The molecule has 0 spiro atoms. The SMILES string of the molecule is COc1ccc(CNCc2ccc3c(c2)OCO3)cc1OC.O=C(O)C(=O)O. The van der Waals surface area contributed by atoms with E-state index in [0.29, 0.717) is 6.79 Å². The lowest BCUT2D eigenvalue weighted by atomic mass is 10.1. The summed E-state index contributed by atoms with van der Waals surface area (Å²) in [7, 11) is 3.27. The lowest BCUT2D eigenvalue weighted by molar-refractivity contribution is -0.159. The normalized spacial score (nSPS) is 11.2. The highest BCUT2D eigenvalue weighted by Crippen LogP contribution is 2.32. The fraction of sp³-hybridized carbons (Fsp3) is 0.263. The Labute approximate surface area is 161 Å². The minimum Gasteiger partial charge on any atom is -0.493 e. The zero-order chi connectivity index (χ0) is 20.5. The van der Waals surface area contributed by atoms with Crippen molar-refractivity contribution < 1.29 is 38.7 Å². The van der Waals surface area contributed by atoms with Crippen molar-refractivity contribution in [2.75, 3.05) is 21.0 Å². The van der Waals surface area contributed by atoms with Crippen LogP contribution in [0.15, 0.2) is 36.4 Å². The molecule has 3 N–H and O–H groups in total. The minimum atomic E-state index is -1.82. The van der Waals surface area contributed by atoms with E-state index < -0.39 is 11.9 Å². The first kappa shape index (κ1) is 20.8. The molecule has 0 aromatic heterocycles. The minimum absolute atomic E-state index is 0.303. The molecule has 0 saturated heterocycles. The van der Waals surface area contributed by atoms with Gasteiger partial charge in [0.15, 0.2) is 23.0 Å². The molecule has 0 bridgehead atoms. The molecular weight excluding hydrogens is 370 g/mol. The first-order valence-corrected chi connectivity index (χ1v) is 8.21. The van der Waals surface area contributed by atoms with Crippen molar-refractivity contribution in [1.82, 2.24) is 5.32 Å². The standard InChI is InChI=1S/C17H19NO4.C2H2O4/c1-19-14-5-3-12(7-16(14)20-2)9-18-10-13-4-6-15-17(8-13)22-11-21-15;3-1(4)2(5)6/h3-8,18H,9-11H2,1-2H3;(H,3,4)(H,5,6). The van der Waals surface area contributed by atoms with E-state index in [2.05, 4.69) is 5.32 Å². The molecule has 1 aliphatic rings. The molecule has 0 aliphatic carbocycles. The van der Waals surface area contributed by atoms with Crippen LogP contribution in [-0.2, 0) is 22.7 Å². The Bertz CT molecular complexity index is 825. The summed E-state index contributed by atoms with van der Waals surface area (Å²) in [4.78, 5) is 18.2. The van der Waals surface area contributed by atoms with Crippen LogP contribution in [-0.4, -0.2) is 43.2 Å². The number of carboxylic acids is 2. The maximum atomic E-state index is 9.10. The third-order valence-corrected chi connectivity index (χ3v) is 3.73. The van der Waals surface area contributed by atoms with E-state index in [0.717, 1.165) is 47.2 Å². The van der Waals surface area contributed by atoms with Crippen molar-refractivity contribution in [3.63, 3.8) is 0 Å². The first-order chi connectivity index (χ1) is 13.4. The van der Waals surface area contributed by atoms with E-state index in [9.17, 15) is 0 Å². The Morgan fingerprint density at radius 2 is 1.46 bits per heavy atom. The summed E-state index contributed by atoms with van der Waals surface area (Å²) in [5.41, 5.74) is 2.29. The molecule has 0 fully saturated rings. The summed E-state index contributed by atoms with van der Waals surface area (Å²) < 4.78 is 21.2. The number of fused-ring (bicyclic) bond motifs is 1. The van der Waals surface area contributed by atoms with Crippen LogP contribution in [0.1, 0.15) is 11.1 Å². The fourth-order valence-electron chi connectivity index (χ4n) is 2.39. The predicted octanol–water partition coefficient (Wildman–Crippen LogP) is 1.88. The molecule has 1 heterocycles. The van der Waals surface area contributed by atoms with Crippen LogP contribution < -0.4 is 24.3 Å². The number of benzene rings is 2. The predicted molar refractivity (Wildman–Crippen MR) is 97.9 cm³/mol. The second kappa shape index (κ2) is 10.0. The number of methoxy groups -OCH3 is 2. The van der Waals surface area contributed by atoms with Crippen LogP contribution in [0.2, 0.25) is 0 Å². The third-order valence-electron chi connectivity index (χ3n) is 3.73. The largest absolute Gasteiger partial charge is 0.493 e. The molecular formula is C19H21NO8. The monoisotopic (exact) mass is 391 g/mol. The quantitative estimate of drug-likeness (QED) is 0.633. The molecule has 1 aliphatic heterocycles. The van der Waals surface area contributed by atoms with E-state index in [1.54, 1.807) is 14.2 Å². The lowest BCUT2D eigenvalue weighted by Gasteiger charge is -2.10. The molecule has 0 amide bonds. The van der Waals surface area contributed by atoms with Crippen molar-refractivity contribution in [2.24, 2.45) is 0 Å². The number of rotatable bonds is 6. The van der Waals surface area contributed by atoms with Gasteiger partial charge in [-0.05, 0) is 35.4 Å². The maximum Gasteiger partial charge on any atom is 0.414 e. The summed E-state index contributed by atoms with van der Waals surface area (Å²) in [6, 6.07) is 11.9. The van der Waals surface area contributed by atoms with Gasteiger partial charge in [0, 0.05) is 13.1 Å². The van der Waals surface area contributed by atoms with E-state index in [1.165, 1.54) is 0 Å². The zero-order valence-electron chi connectivity index (χ0n) is 15.4. The van der Waals surface area contributed by atoms with Crippen molar-refractivity contribution in [3.05, 3.63) is 47.5 Å². The highest BCUT2D eigenvalue weighted by atomic mass is 16.7. The third kappa shape index (κ3) is 5.78. The van der Waals surface area contributed by atoms with Crippen molar-refractivity contribution in [1.29, 1.82) is 0 Å². The maximum absolute atomic E-state index is 9.10. The first-order valence-electron chi connectivity index (χ1n) is 8.21. The van der Waals surface area contributed by atoms with Crippen molar-refractivity contribution >= 4 is 11.9 Å². The Balaban J connectivity index is 0.000000409. The highest BCUT2D eigenvalue weighted by molar-refractivity contribution is 6.27. The molecule has 2 aromatic rings. The van der Waals surface area contributed by atoms with E-state index in [-0.39, 0.29) is 0 Å². The van der Waals surface area contributed by atoms with Gasteiger partial charge < -0.3 is 34.5 Å². The summed E-state index contributed by atoms with van der Waals surface area (Å²) in [6.45, 7) is 1.80. The molecule has 28 heavy (non-hydrogen) atoms. The van der Waals surface area contributed by atoms with Gasteiger partial charge in [-0.2, -0.15) is 0 Å². The van der Waals surface area contributed by atoms with E-state index in [1.807, 2.05) is 36.4 Å². The summed E-state index contributed by atoms with van der Waals surface area (Å²) in [5.74, 6) is -0.550. The number of aliphatic carboxylic acids is 2. The van der Waals surface area contributed by atoms with Gasteiger partial charge in [0.05, 0.1) is 14.2 Å². The summed E-state index contributed by atoms with van der Waals surface area (Å²) >= 11 is 0. The van der Waals surface area contributed by atoms with Gasteiger partial charge >= 0.3 is 11.9 Å². The molecule has 2 aromatic carbocycles. The van der Waals surface area contributed by atoms with Crippen LogP contribution in [0.4, 0.5) is 0 Å². The van der Waals surface area contributed by atoms with Gasteiger partial charge in [-0.25, -0.2) is 9.59 Å². The molecule has 150 valence electrons. The number of ether oxygens (including phenoxy) is 4. The molecule has 9 nitrogen and oxygen atoms in total. The molecule has 0 atom stereocenters. The highest BCUT2D eigenvalue weighted by Gasteiger charge is 2.13. The van der Waals surface area contributed by atoms with E-state index in [4.69, 9.17) is 38.7 Å². The molecule has 0 saturated carbocycles. The number of hydrogen-bond donors (Lipinski definition) is 3. The van der Waals surface area contributed by atoms with Gasteiger partial charge in [-0.1, -0.05) is 12.1 Å². The number of carboxylic acid groups (broad SMARTS) is 2. The Morgan fingerprint density at radius 1 is 0.893 bits per heavy atom. The van der Waals surface area contributed by atoms with Crippen LogP contribution in [0.25, 0.3) is 0 Å². The average molecular weight is 391 g/mol. The van der Waals surface area contributed by atoms with Crippen LogP contribution in [0, 0.1) is 0 Å². The molecule has 3 rings (SSSR count). The lowest BCUT2D eigenvalue weighted by Crippen LogP contribution is -2.12. The fourth-order valence-corrected chi connectivity index (χ4v) is 2.39.